The van der Waals surface area contributed by atoms with Crippen LogP contribution >= 0.6 is 40.2 Å². The first-order valence-electron chi connectivity index (χ1n) is 2.48. The molecule has 0 spiro atoms. The number of halogens is 1. The molecule has 0 aromatic rings. The molecule has 0 radical (unpaired) electrons. The molecular weight excluding hydrogens is 255 g/mol. The summed E-state index contributed by atoms with van der Waals surface area (Å²) in [5.41, 5.74) is 0. The van der Waals surface area contributed by atoms with Gasteiger partial charge < -0.3 is 4.18 Å². The lowest BCUT2D eigenvalue weighted by Crippen LogP contribution is -1.81. The summed E-state index contributed by atoms with van der Waals surface area (Å²) in [4.78, 5) is 0. The second-order valence-electron chi connectivity index (χ2n) is 1.31. The Morgan fingerprint density at radius 2 is 2.38 bits per heavy atom. The summed E-state index contributed by atoms with van der Waals surface area (Å²) in [6.07, 6.45) is 2.39. The molecule has 0 fully saturated rings. The van der Waals surface area contributed by atoms with Gasteiger partial charge in [-0.2, -0.15) is 0 Å². The Morgan fingerprint density at radius 3 is 2.88 bits per heavy atom. The molecule has 0 saturated heterocycles. The summed E-state index contributed by atoms with van der Waals surface area (Å²) < 4.78 is 5.10. The third-order valence-electron chi connectivity index (χ3n) is 0.655. The van der Waals surface area contributed by atoms with Crippen molar-refractivity contribution < 1.29 is 4.18 Å². The standard InChI is InChI=1S/C4H9IOS2/c1-2-3-4-6-8-7-5/h2-4H2,1H3. The fourth-order valence-electron chi connectivity index (χ4n) is 0.255. The largest absolute Gasteiger partial charge is 0.304 e. The Labute approximate surface area is 70.5 Å². The van der Waals surface area contributed by atoms with Gasteiger partial charge in [0.05, 0.1) is 17.7 Å². The van der Waals surface area contributed by atoms with E-state index in [1.165, 1.54) is 23.9 Å². The van der Waals surface area contributed by atoms with Gasteiger partial charge in [0, 0.05) is 29.2 Å². The van der Waals surface area contributed by atoms with E-state index in [2.05, 4.69) is 28.1 Å². The first kappa shape index (κ1) is 9.39. The highest BCUT2D eigenvalue weighted by atomic mass is 127. The zero-order valence-electron chi connectivity index (χ0n) is 4.72. The van der Waals surface area contributed by atoms with E-state index in [1.54, 1.807) is 7.97 Å². The third-order valence-corrected chi connectivity index (χ3v) is 2.73. The average Bonchev–Trinajstić information content (AvgIpc) is 1.81. The van der Waals surface area contributed by atoms with E-state index in [4.69, 9.17) is 4.18 Å². The van der Waals surface area contributed by atoms with Crippen molar-refractivity contribution >= 4 is 40.2 Å². The van der Waals surface area contributed by atoms with Gasteiger partial charge in [-0.15, -0.1) is 0 Å². The predicted molar refractivity (Wildman–Crippen MR) is 50.1 cm³/mol. The molecule has 0 atom stereocenters. The molecule has 50 valence electrons. The Bertz CT molecular complexity index is 39.0. The quantitative estimate of drug-likeness (QED) is 0.326. The second-order valence-corrected chi connectivity index (χ2v) is 5.83. The zero-order chi connectivity index (χ0) is 6.24. The maximum Gasteiger partial charge on any atom is 0.0735 e. The molecule has 0 unspecified atom stereocenters. The van der Waals surface area contributed by atoms with Crippen molar-refractivity contribution in [3.05, 3.63) is 0 Å². The minimum Gasteiger partial charge on any atom is -0.304 e. The van der Waals surface area contributed by atoms with Crippen molar-refractivity contribution in [1.82, 2.24) is 0 Å². The molecule has 0 rings (SSSR count). The topological polar surface area (TPSA) is 9.23 Å². The van der Waals surface area contributed by atoms with Gasteiger partial charge >= 0.3 is 0 Å². The van der Waals surface area contributed by atoms with E-state index in [0.717, 1.165) is 6.61 Å². The molecule has 0 bridgehead atoms. The van der Waals surface area contributed by atoms with Crippen LogP contribution in [-0.4, -0.2) is 6.61 Å². The molecule has 0 aromatic heterocycles. The Morgan fingerprint density at radius 1 is 1.62 bits per heavy atom. The van der Waals surface area contributed by atoms with Crippen LogP contribution in [0.25, 0.3) is 0 Å². The van der Waals surface area contributed by atoms with Gasteiger partial charge in [0.2, 0.25) is 0 Å². The Hall–Kier alpha value is 1.39. The van der Waals surface area contributed by atoms with Gasteiger partial charge in [0.25, 0.3) is 0 Å². The van der Waals surface area contributed by atoms with Gasteiger partial charge in [0.1, 0.15) is 0 Å². The van der Waals surface area contributed by atoms with Gasteiger partial charge in [-0.1, -0.05) is 13.3 Å². The minimum absolute atomic E-state index is 0.886. The SMILES string of the molecule is CCCCOSSI. The summed E-state index contributed by atoms with van der Waals surface area (Å²) in [5.74, 6) is 0. The number of hydrogen-bond donors (Lipinski definition) is 0. The van der Waals surface area contributed by atoms with Crippen LogP contribution in [0.5, 0.6) is 0 Å². The highest BCUT2D eigenvalue weighted by molar-refractivity contribution is 14.2. The molecule has 0 aliphatic rings. The third kappa shape index (κ3) is 7.39. The van der Waals surface area contributed by atoms with Crippen LogP contribution in [-0.2, 0) is 4.18 Å². The molecule has 1 nitrogen and oxygen atoms in total. The fraction of sp³-hybridized carbons (Fsp3) is 1.00. The van der Waals surface area contributed by atoms with Crippen LogP contribution in [0.3, 0.4) is 0 Å². The molecule has 0 aromatic carbocycles. The summed E-state index contributed by atoms with van der Waals surface area (Å²) >= 11 is 3.65. The normalized spacial score (nSPS) is 9.75. The van der Waals surface area contributed by atoms with Crippen molar-refractivity contribution in [1.29, 1.82) is 0 Å². The van der Waals surface area contributed by atoms with Crippen molar-refractivity contribution in [2.75, 3.05) is 6.61 Å². The molecule has 0 N–H and O–H groups in total. The lowest BCUT2D eigenvalue weighted by Gasteiger charge is -1.94. The zero-order valence-corrected chi connectivity index (χ0v) is 8.51. The van der Waals surface area contributed by atoms with Gasteiger partial charge in [-0.25, -0.2) is 0 Å². The van der Waals surface area contributed by atoms with Gasteiger partial charge in [-0.05, 0) is 6.42 Å². The smallest absolute Gasteiger partial charge is 0.0735 e. The Balaban J connectivity index is 2.53. The molecular formula is C4H9IOS2. The number of rotatable bonds is 5. The highest BCUT2D eigenvalue weighted by Crippen LogP contribution is 2.29. The molecule has 0 aliphatic carbocycles. The minimum atomic E-state index is 0.886. The maximum absolute atomic E-state index is 5.10. The van der Waals surface area contributed by atoms with Crippen LogP contribution < -0.4 is 0 Å². The monoisotopic (exact) mass is 264 g/mol. The summed E-state index contributed by atoms with van der Waals surface area (Å²) in [6, 6.07) is 0. The summed E-state index contributed by atoms with van der Waals surface area (Å²) in [5, 5.41) is 0. The van der Waals surface area contributed by atoms with Crippen molar-refractivity contribution in [3.63, 3.8) is 0 Å². The van der Waals surface area contributed by atoms with E-state index in [9.17, 15) is 0 Å². The van der Waals surface area contributed by atoms with E-state index in [-0.39, 0.29) is 0 Å². The first-order chi connectivity index (χ1) is 3.91. The molecule has 0 aliphatic heterocycles. The number of unbranched alkanes of at least 4 members (excludes halogenated alkanes) is 1. The lowest BCUT2D eigenvalue weighted by molar-refractivity contribution is 0.368. The van der Waals surface area contributed by atoms with E-state index < -0.39 is 0 Å². The van der Waals surface area contributed by atoms with Gasteiger partial charge in [-0.3, -0.25) is 0 Å². The van der Waals surface area contributed by atoms with Crippen LogP contribution in [0, 0.1) is 0 Å². The molecule has 0 saturated carbocycles. The second kappa shape index (κ2) is 8.39. The van der Waals surface area contributed by atoms with Gasteiger partial charge in [0.15, 0.2) is 0 Å². The molecule has 0 amide bonds. The Kier molecular flexibility index (Phi) is 9.85. The van der Waals surface area contributed by atoms with Crippen LogP contribution in [0.15, 0.2) is 0 Å². The maximum atomic E-state index is 5.10. The van der Waals surface area contributed by atoms with Crippen LogP contribution in [0.4, 0.5) is 0 Å². The summed E-state index contributed by atoms with van der Waals surface area (Å²) in [7, 11) is 1.62. The average molecular weight is 264 g/mol. The molecule has 8 heavy (non-hydrogen) atoms. The van der Waals surface area contributed by atoms with Crippen molar-refractivity contribution in [2.45, 2.75) is 19.8 Å². The lowest BCUT2D eigenvalue weighted by atomic mass is 10.4. The molecule has 4 heteroatoms. The predicted octanol–water partition coefficient (Wildman–Crippen LogP) is 3.45. The fourth-order valence-corrected chi connectivity index (χ4v) is 1.73. The van der Waals surface area contributed by atoms with Crippen LogP contribution in [0.2, 0.25) is 0 Å². The van der Waals surface area contributed by atoms with Crippen molar-refractivity contribution in [2.24, 2.45) is 0 Å². The van der Waals surface area contributed by atoms with E-state index in [0.29, 0.717) is 0 Å². The highest BCUT2D eigenvalue weighted by Gasteiger charge is 1.84. The molecule has 0 heterocycles. The van der Waals surface area contributed by atoms with Crippen molar-refractivity contribution in [3.8, 4) is 0 Å². The first-order valence-corrected chi connectivity index (χ1v) is 7.10. The van der Waals surface area contributed by atoms with Crippen LogP contribution in [0.1, 0.15) is 19.8 Å². The summed E-state index contributed by atoms with van der Waals surface area (Å²) in [6.45, 7) is 3.04. The van der Waals surface area contributed by atoms with E-state index in [1.807, 2.05) is 0 Å². The van der Waals surface area contributed by atoms with E-state index >= 15 is 0 Å². The number of hydrogen-bond acceptors (Lipinski definition) is 3.